The van der Waals surface area contributed by atoms with Gasteiger partial charge in [0.05, 0.1) is 16.7 Å². The summed E-state index contributed by atoms with van der Waals surface area (Å²) in [5.74, 6) is -3.87. The van der Waals surface area contributed by atoms with E-state index < -0.39 is 57.8 Å². The summed E-state index contributed by atoms with van der Waals surface area (Å²) in [5, 5.41) is -0.458. The zero-order valence-corrected chi connectivity index (χ0v) is 28.4. The number of rotatable bonds is 10. The maximum Gasteiger partial charge on any atom is 0.404 e. The topological polar surface area (TPSA) is 132 Å². The van der Waals surface area contributed by atoms with Crippen LogP contribution in [0.4, 0.5) is 13.6 Å². The summed E-state index contributed by atoms with van der Waals surface area (Å²) in [6.07, 6.45) is -0.248. The van der Waals surface area contributed by atoms with E-state index in [1.54, 1.807) is 44.2 Å². The van der Waals surface area contributed by atoms with Crippen LogP contribution in [0.1, 0.15) is 81.3 Å². The van der Waals surface area contributed by atoms with Gasteiger partial charge in [0, 0.05) is 40.7 Å². The molecule has 4 N–H and O–H groups in total. The summed E-state index contributed by atoms with van der Waals surface area (Å²) in [6, 6.07) is 12.6. The normalized spacial score (nSPS) is 21.9. The molecule has 1 saturated heterocycles. The lowest BCUT2D eigenvalue weighted by molar-refractivity contribution is -0.189. The summed E-state index contributed by atoms with van der Waals surface area (Å²) in [4.78, 5) is 25.1. The van der Waals surface area contributed by atoms with E-state index in [9.17, 15) is 9.59 Å². The van der Waals surface area contributed by atoms with Crippen LogP contribution in [0.5, 0.6) is 11.5 Å². The van der Waals surface area contributed by atoms with Gasteiger partial charge in [-0.3, -0.25) is 4.79 Å². The minimum Gasteiger partial charge on any atom is -0.488 e. The Kier molecular flexibility index (Phi) is 10.2. The fourth-order valence-corrected chi connectivity index (χ4v) is 7.02. The molecule has 2 amide bonds. The largest absolute Gasteiger partial charge is 0.488 e. The van der Waals surface area contributed by atoms with Crippen LogP contribution < -0.4 is 20.9 Å². The first kappa shape index (κ1) is 35.4. The standard InChI is InChI=1S/C36H41ClF2N2O7/c1-19(46-26-13-9-10-16-44-26)18-45-24-15-14-22(32(40)42)28(31(24)39)29-27-20(2)36(21-11-7-6-8-12-21,33(35(3,4)5)47-34(41)43)48-25(27)17-23(38)30(29)37/h6-8,11-12,14-15,17,19-20,26,33H,9-10,13,16,18H2,1-5H3,(H2,40,42)(H2,41,43)/t19-,20-,26-,33-,36-/m0/s1. The number of primary amides is 2. The number of hydrogen-bond donors (Lipinski definition) is 2. The Bertz CT molecular complexity index is 1680. The minimum absolute atomic E-state index is 0.0150. The van der Waals surface area contributed by atoms with E-state index in [4.69, 9.17) is 46.8 Å². The maximum atomic E-state index is 16.7. The van der Waals surface area contributed by atoms with Crippen molar-refractivity contribution in [1.82, 2.24) is 0 Å². The molecule has 0 radical (unpaired) electrons. The summed E-state index contributed by atoms with van der Waals surface area (Å²) in [6.45, 7) is 9.62. The number of carbonyl (C=O) groups excluding carboxylic acids is 2. The van der Waals surface area contributed by atoms with Gasteiger partial charge in [0.1, 0.15) is 18.2 Å². The zero-order chi connectivity index (χ0) is 35.0. The first-order valence-electron chi connectivity index (χ1n) is 15.9. The van der Waals surface area contributed by atoms with E-state index in [1.165, 1.54) is 12.1 Å². The molecule has 5 rings (SSSR count). The Morgan fingerprint density at radius 3 is 2.40 bits per heavy atom. The van der Waals surface area contributed by atoms with Crippen molar-refractivity contribution in [2.45, 2.75) is 83.9 Å². The predicted octanol–water partition coefficient (Wildman–Crippen LogP) is 7.60. The van der Waals surface area contributed by atoms with Gasteiger partial charge < -0.3 is 35.2 Å². The molecule has 12 heteroatoms. The average molecular weight is 687 g/mol. The maximum absolute atomic E-state index is 16.7. The predicted molar refractivity (Wildman–Crippen MR) is 176 cm³/mol. The summed E-state index contributed by atoms with van der Waals surface area (Å²) >= 11 is 6.68. The van der Waals surface area contributed by atoms with E-state index in [1.807, 2.05) is 20.8 Å². The number of ether oxygens (including phenoxy) is 5. The number of carbonyl (C=O) groups is 2. The molecule has 258 valence electrons. The molecular weight excluding hydrogens is 646 g/mol. The molecule has 0 unspecified atom stereocenters. The molecular formula is C36H41ClF2N2O7. The molecule has 0 saturated carbocycles. The molecule has 1 fully saturated rings. The van der Waals surface area contributed by atoms with Gasteiger partial charge in [-0.15, -0.1) is 0 Å². The molecule has 2 aliphatic rings. The average Bonchev–Trinajstić information content (AvgIpc) is 3.32. The molecule has 3 aromatic rings. The lowest BCUT2D eigenvalue weighted by Crippen LogP contribution is -2.54. The second kappa shape index (κ2) is 13.9. The van der Waals surface area contributed by atoms with Crippen molar-refractivity contribution in [3.05, 3.63) is 81.9 Å². The Labute approximate surface area is 283 Å². The fraction of sp³-hybridized carbons (Fsp3) is 0.444. The second-order valence-corrected chi connectivity index (χ2v) is 13.7. The number of halogens is 3. The van der Waals surface area contributed by atoms with Gasteiger partial charge in [-0.2, -0.15) is 0 Å². The van der Waals surface area contributed by atoms with Crippen LogP contribution in [0.25, 0.3) is 11.1 Å². The first-order chi connectivity index (χ1) is 22.7. The summed E-state index contributed by atoms with van der Waals surface area (Å²) in [7, 11) is 0. The van der Waals surface area contributed by atoms with Crippen LogP contribution in [0.15, 0.2) is 48.5 Å². The molecule has 0 aliphatic carbocycles. The first-order valence-corrected chi connectivity index (χ1v) is 16.3. The van der Waals surface area contributed by atoms with Crippen molar-refractivity contribution in [1.29, 1.82) is 0 Å². The van der Waals surface area contributed by atoms with Gasteiger partial charge in [0.25, 0.3) is 0 Å². The third-order valence-corrected chi connectivity index (χ3v) is 9.20. The van der Waals surface area contributed by atoms with Crippen molar-refractivity contribution in [2.75, 3.05) is 13.2 Å². The van der Waals surface area contributed by atoms with Gasteiger partial charge in [0.2, 0.25) is 5.91 Å². The Hall–Kier alpha value is -3.93. The van der Waals surface area contributed by atoms with Gasteiger partial charge in [-0.25, -0.2) is 13.6 Å². The minimum atomic E-state index is -1.49. The lowest BCUT2D eigenvalue weighted by atomic mass is 9.67. The highest BCUT2D eigenvalue weighted by Gasteiger charge is 2.59. The number of fused-ring (bicyclic) bond motifs is 1. The summed E-state index contributed by atoms with van der Waals surface area (Å²) < 4.78 is 62.3. The summed E-state index contributed by atoms with van der Waals surface area (Å²) in [5.41, 5.74) is 9.18. The molecule has 0 spiro atoms. The zero-order valence-electron chi connectivity index (χ0n) is 27.6. The van der Waals surface area contributed by atoms with Gasteiger partial charge in [-0.05, 0) is 43.9 Å². The van der Waals surface area contributed by atoms with E-state index in [2.05, 4.69) is 0 Å². The van der Waals surface area contributed by atoms with Gasteiger partial charge in [-0.1, -0.05) is 69.6 Å². The quantitative estimate of drug-likeness (QED) is 0.225. The van der Waals surface area contributed by atoms with Crippen LogP contribution in [0.3, 0.4) is 0 Å². The van der Waals surface area contributed by atoms with E-state index in [-0.39, 0.29) is 46.6 Å². The molecule has 0 bridgehead atoms. The Morgan fingerprint density at radius 2 is 1.79 bits per heavy atom. The SMILES string of the molecule is C[C@@H](COc1ccc(C(N)=O)c(-c2c(Cl)c(F)cc3c2[C@H](C)[C@](c2ccccc2)([C@@H](OC(N)=O)C(C)(C)C)O3)c1F)O[C@H]1CCCCO1. The monoisotopic (exact) mass is 686 g/mol. The molecule has 48 heavy (non-hydrogen) atoms. The van der Waals surface area contributed by atoms with E-state index >= 15 is 8.78 Å². The Morgan fingerprint density at radius 1 is 1.08 bits per heavy atom. The van der Waals surface area contributed by atoms with E-state index in [0.717, 1.165) is 25.3 Å². The van der Waals surface area contributed by atoms with Gasteiger partial charge in [0.15, 0.2) is 29.6 Å². The molecule has 9 nitrogen and oxygen atoms in total. The van der Waals surface area contributed by atoms with Crippen LogP contribution >= 0.6 is 11.6 Å². The number of amides is 2. The van der Waals surface area contributed by atoms with Crippen molar-refractivity contribution in [3.63, 3.8) is 0 Å². The van der Waals surface area contributed by atoms with Crippen molar-refractivity contribution >= 4 is 23.6 Å². The van der Waals surface area contributed by atoms with Crippen molar-refractivity contribution in [2.24, 2.45) is 16.9 Å². The third-order valence-electron chi connectivity index (χ3n) is 8.83. The number of hydrogen-bond acceptors (Lipinski definition) is 7. The molecule has 0 aromatic heterocycles. The van der Waals surface area contributed by atoms with Crippen LogP contribution in [0, 0.1) is 17.0 Å². The fourth-order valence-electron chi connectivity index (χ4n) is 6.77. The second-order valence-electron chi connectivity index (χ2n) is 13.3. The van der Waals surface area contributed by atoms with Crippen LogP contribution in [-0.2, 0) is 19.8 Å². The van der Waals surface area contributed by atoms with E-state index in [0.29, 0.717) is 12.2 Å². The van der Waals surface area contributed by atoms with Gasteiger partial charge >= 0.3 is 6.09 Å². The number of benzene rings is 3. The Balaban J connectivity index is 1.66. The number of nitrogens with two attached hydrogens (primary N) is 2. The smallest absolute Gasteiger partial charge is 0.404 e. The van der Waals surface area contributed by atoms with Crippen molar-refractivity contribution in [3.8, 4) is 22.6 Å². The highest BCUT2D eigenvalue weighted by atomic mass is 35.5. The van der Waals surface area contributed by atoms with Crippen LogP contribution in [-0.4, -0.2) is 43.7 Å². The lowest BCUT2D eigenvalue weighted by Gasteiger charge is -2.45. The highest BCUT2D eigenvalue weighted by Crippen LogP contribution is 2.60. The third kappa shape index (κ3) is 6.68. The molecule has 2 aliphatic heterocycles. The molecule has 2 heterocycles. The molecule has 3 aromatic carbocycles. The van der Waals surface area contributed by atoms with Crippen molar-refractivity contribution < 1.29 is 42.1 Å². The highest BCUT2D eigenvalue weighted by molar-refractivity contribution is 6.34. The molecule has 5 atom stereocenters. The van der Waals surface area contributed by atoms with Crippen LogP contribution in [0.2, 0.25) is 5.02 Å².